The van der Waals surface area contributed by atoms with Crippen molar-refractivity contribution in [3.8, 4) is 0 Å². The van der Waals surface area contributed by atoms with E-state index in [-0.39, 0.29) is 13.0 Å². The highest BCUT2D eigenvalue weighted by Crippen LogP contribution is 2.14. The standard InChI is InChI=1S/C14H21NO4/c1-19-11-13(16)10-15(9-5-8-14(17)18)12-6-3-2-4-7-12/h2-4,6-7,13,16H,5,8-11H2,1H3,(H,17,18). The number of rotatable bonds is 9. The second-order valence-corrected chi connectivity index (χ2v) is 4.39. The Hall–Kier alpha value is -1.59. The molecule has 2 N–H and O–H groups in total. The number of para-hydroxylation sites is 1. The molecule has 5 heteroatoms. The lowest BCUT2D eigenvalue weighted by Crippen LogP contribution is -2.35. The number of carbonyl (C=O) groups is 1. The fraction of sp³-hybridized carbons (Fsp3) is 0.500. The molecule has 0 aliphatic carbocycles. The van der Waals surface area contributed by atoms with E-state index in [1.165, 1.54) is 0 Å². The minimum absolute atomic E-state index is 0.129. The van der Waals surface area contributed by atoms with Gasteiger partial charge in [0.1, 0.15) is 0 Å². The Morgan fingerprint density at radius 2 is 2.05 bits per heavy atom. The zero-order chi connectivity index (χ0) is 14.1. The van der Waals surface area contributed by atoms with Gasteiger partial charge in [-0.2, -0.15) is 0 Å². The molecule has 1 atom stereocenters. The number of benzene rings is 1. The second kappa shape index (κ2) is 8.50. The number of anilines is 1. The lowest BCUT2D eigenvalue weighted by atomic mass is 10.2. The van der Waals surface area contributed by atoms with Crippen LogP contribution >= 0.6 is 0 Å². The highest BCUT2D eigenvalue weighted by Gasteiger charge is 2.12. The molecule has 0 bridgehead atoms. The minimum atomic E-state index is -0.801. The zero-order valence-electron chi connectivity index (χ0n) is 11.2. The summed E-state index contributed by atoms with van der Waals surface area (Å²) in [6, 6.07) is 9.65. The van der Waals surface area contributed by atoms with Crippen LogP contribution in [0.1, 0.15) is 12.8 Å². The Labute approximate surface area is 113 Å². The van der Waals surface area contributed by atoms with Crippen LogP contribution < -0.4 is 4.90 Å². The molecule has 1 unspecified atom stereocenters. The number of carboxylic acids is 1. The number of aliphatic hydroxyl groups excluding tert-OH is 1. The number of hydrogen-bond donors (Lipinski definition) is 2. The first-order valence-electron chi connectivity index (χ1n) is 6.32. The van der Waals surface area contributed by atoms with Crippen molar-refractivity contribution in [2.75, 3.05) is 31.7 Å². The lowest BCUT2D eigenvalue weighted by molar-refractivity contribution is -0.137. The third kappa shape index (κ3) is 6.22. The molecule has 19 heavy (non-hydrogen) atoms. The van der Waals surface area contributed by atoms with Crippen molar-refractivity contribution in [2.24, 2.45) is 0 Å². The predicted octanol–water partition coefficient (Wildman–Crippen LogP) is 1.37. The maximum atomic E-state index is 10.6. The van der Waals surface area contributed by atoms with Crippen LogP contribution in [0.4, 0.5) is 5.69 Å². The Morgan fingerprint density at radius 1 is 1.37 bits per heavy atom. The summed E-state index contributed by atoms with van der Waals surface area (Å²) in [5.74, 6) is -0.801. The van der Waals surface area contributed by atoms with Crippen LogP contribution in [-0.2, 0) is 9.53 Å². The van der Waals surface area contributed by atoms with E-state index in [0.717, 1.165) is 5.69 Å². The summed E-state index contributed by atoms with van der Waals surface area (Å²) in [5, 5.41) is 18.5. The SMILES string of the molecule is COCC(O)CN(CCCC(=O)O)c1ccccc1. The topological polar surface area (TPSA) is 70.0 Å². The van der Waals surface area contributed by atoms with E-state index < -0.39 is 12.1 Å². The molecular formula is C14H21NO4. The van der Waals surface area contributed by atoms with Crippen LogP contribution in [0, 0.1) is 0 Å². The normalized spacial score (nSPS) is 12.1. The quantitative estimate of drug-likeness (QED) is 0.707. The lowest BCUT2D eigenvalue weighted by Gasteiger charge is -2.27. The average molecular weight is 267 g/mol. The van der Waals surface area contributed by atoms with Gasteiger partial charge in [0, 0.05) is 32.3 Å². The average Bonchev–Trinajstić information content (AvgIpc) is 2.38. The van der Waals surface area contributed by atoms with Crippen molar-refractivity contribution in [3.63, 3.8) is 0 Å². The number of aliphatic carboxylic acids is 1. The summed E-state index contributed by atoms with van der Waals surface area (Å²) in [6.45, 7) is 1.29. The maximum Gasteiger partial charge on any atom is 0.303 e. The first-order chi connectivity index (χ1) is 9.13. The molecule has 0 saturated carbocycles. The van der Waals surface area contributed by atoms with Gasteiger partial charge in [0.2, 0.25) is 0 Å². The molecule has 0 radical (unpaired) electrons. The fourth-order valence-electron chi connectivity index (χ4n) is 1.89. The molecule has 0 saturated heterocycles. The largest absolute Gasteiger partial charge is 0.481 e. The van der Waals surface area contributed by atoms with Gasteiger partial charge >= 0.3 is 5.97 Å². The highest BCUT2D eigenvalue weighted by atomic mass is 16.5. The van der Waals surface area contributed by atoms with E-state index in [1.807, 2.05) is 35.2 Å². The van der Waals surface area contributed by atoms with Crippen LogP contribution in [0.2, 0.25) is 0 Å². The van der Waals surface area contributed by atoms with Gasteiger partial charge in [-0.3, -0.25) is 4.79 Å². The van der Waals surface area contributed by atoms with Crippen molar-refractivity contribution < 1.29 is 19.7 Å². The summed E-state index contributed by atoms with van der Waals surface area (Å²) < 4.78 is 4.91. The summed E-state index contributed by atoms with van der Waals surface area (Å²) >= 11 is 0. The fourth-order valence-corrected chi connectivity index (χ4v) is 1.89. The molecule has 1 aromatic carbocycles. The number of hydrogen-bond acceptors (Lipinski definition) is 4. The van der Waals surface area contributed by atoms with Crippen molar-refractivity contribution in [3.05, 3.63) is 30.3 Å². The summed E-state index contributed by atoms with van der Waals surface area (Å²) in [7, 11) is 1.54. The molecule has 5 nitrogen and oxygen atoms in total. The number of methoxy groups -OCH3 is 1. The van der Waals surface area contributed by atoms with Gasteiger partial charge in [-0.1, -0.05) is 18.2 Å². The molecular weight excluding hydrogens is 246 g/mol. The Morgan fingerprint density at radius 3 is 2.63 bits per heavy atom. The number of ether oxygens (including phenoxy) is 1. The first kappa shape index (κ1) is 15.5. The van der Waals surface area contributed by atoms with Gasteiger partial charge in [-0.05, 0) is 18.6 Å². The van der Waals surface area contributed by atoms with Crippen molar-refractivity contribution >= 4 is 11.7 Å². The Balaban J connectivity index is 2.60. The zero-order valence-corrected chi connectivity index (χ0v) is 11.2. The summed E-state index contributed by atoms with van der Waals surface area (Å²) in [4.78, 5) is 12.5. The number of carboxylic acid groups (broad SMARTS) is 1. The van der Waals surface area contributed by atoms with Gasteiger partial charge in [-0.25, -0.2) is 0 Å². The second-order valence-electron chi connectivity index (χ2n) is 4.39. The van der Waals surface area contributed by atoms with Crippen LogP contribution in [0.5, 0.6) is 0 Å². The van der Waals surface area contributed by atoms with Crippen LogP contribution in [0.3, 0.4) is 0 Å². The first-order valence-corrected chi connectivity index (χ1v) is 6.32. The van der Waals surface area contributed by atoms with Gasteiger partial charge in [0.15, 0.2) is 0 Å². The predicted molar refractivity (Wildman–Crippen MR) is 73.4 cm³/mol. The van der Waals surface area contributed by atoms with Gasteiger partial charge in [0.25, 0.3) is 0 Å². The van der Waals surface area contributed by atoms with Crippen LogP contribution in [0.15, 0.2) is 30.3 Å². The minimum Gasteiger partial charge on any atom is -0.481 e. The molecule has 0 heterocycles. The molecule has 0 spiro atoms. The molecule has 0 fully saturated rings. The number of nitrogens with zero attached hydrogens (tertiary/aromatic N) is 1. The highest BCUT2D eigenvalue weighted by molar-refractivity contribution is 5.66. The van der Waals surface area contributed by atoms with Crippen molar-refractivity contribution in [2.45, 2.75) is 18.9 Å². The molecule has 0 aliphatic rings. The van der Waals surface area contributed by atoms with Crippen molar-refractivity contribution in [1.29, 1.82) is 0 Å². The van der Waals surface area contributed by atoms with Crippen LogP contribution in [-0.4, -0.2) is 49.1 Å². The molecule has 1 rings (SSSR count). The monoisotopic (exact) mass is 267 g/mol. The van der Waals surface area contributed by atoms with E-state index >= 15 is 0 Å². The van der Waals surface area contributed by atoms with Gasteiger partial charge in [0.05, 0.1) is 12.7 Å². The molecule has 0 aromatic heterocycles. The smallest absolute Gasteiger partial charge is 0.303 e. The summed E-state index contributed by atoms with van der Waals surface area (Å²) in [5.41, 5.74) is 0.975. The van der Waals surface area contributed by atoms with Crippen molar-refractivity contribution in [1.82, 2.24) is 0 Å². The van der Waals surface area contributed by atoms with E-state index in [0.29, 0.717) is 19.5 Å². The molecule has 1 aromatic rings. The third-order valence-corrected chi connectivity index (χ3v) is 2.73. The Kier molecular flexibility index (Phi) is 6.92. The molecule has 0 amide bonds. The molecule has 0 aliphatic heterocycles. The van der Waals surface area contributed by atoms with E-state index in [9.17, 15) is 9.90 Å². The maximum absolute atomic E-state index is 10.6. The Bertz CT molecular complexity index is 369. The third-order valence-electron chi connectivity index (χ3n) is 2.73. The van der Waals surface area contributed by atoms with E-state index in [2.05, 4.69) is 0 Å². The molecule has 106 valence electrons. The van der Waals surface area contributed by atoms with E-state index in [4.69, 9.17) is 9.84 Å². The van der Waals surface area contributed by atoms with Gasteiger partial charge < -0.3 is 19.8 Å². The number of aliphatic hydroxyl groups is 1. The van der Waals surface area contributed by atoms with E-state index in [1.54, 1.807) is 7.11 Å². The van der Waals surface area contributed by atoms with Crippen LogP contribution in [0.25, 0.3) is 0 Å². The summed E-state index contributed by atoms with van der Waals surface area (Å²) in [6.07, 6.45) is 0.0863. The van der Waals surface area contributed by atoms with Gasteiger partial charge in [-0.15, -0.1) is 0 Å².